The third-order valence-electron chi connectivity index (χ3n) is 4.70. The number of hydrogen-bond acceptors (Lipinski definition) is 2. The van der Waals surface area contributed by atoms with Crippen LogP contribution in [0.25, 0.3) is 0 Å². The van der Waals surface area contributed by atoms with E-state index in [2.05, 4.69) is 19.2 Å². The zero-order valence-corrected chi connectivity index (χ0v) is 10.3. The average Bonchev–Trinajstić information content (AvgIpc) is 2.75. The molecule has 0 amide bonds. The van der Waals surface area contributed by atoms with Crippen molar-refractivity contribution >= 4 is 0 Å². The molecule has 0 radical (unpaired) electrons. The molecule has 2 nitrogen and oxygen atoms in total. The van der Waals surface area contributed by atoms with E-state index in [1.165, 1.54) is 25.7 Å². The minimum absolute atomic E-state index is 0.323. The van der Waals surface area contributed by atoms with Crippen molar-refractivity contribution in [2.75, 3.05) is 6.54 Å². The van der Waals surface area contributed by atoms with Crippen LogP contribution in [-0.4, -0.2) is 23.3 Å². The summed E-state index contributed by atoms with van der Waals surface area (Å²) < 4.78 is 0. The lowest BCUT2D eigenvalue weighted by Crippen LogP contribution is -2.47. The lowest BCUT2D eigenvalue weighted by atomic mass is 9.90. The molecule has 0 heterocycles. The summed E-state index contributed by atoms with van der Waals surface area (Å²) in [6.45, 7) is 6.86. The second kappa shape index (κ2) is 4.06. The standard InChI is InChI=1S/C13H25NO/c1-9(2)13(3,15)8-14-12-7-10-4-5-11(12)6-10/h9-12,14-15H,4-8H2,1-3H3. The summed E-state index contributed by atoms with van der Waals surface area (Å²) in [6, 6.07) is 0.689. The first-order valence-electron chi connectivity index (χ1n) is 6.45. The Kier molecular flexibility index (Phi) is 3.09. The first-order valence-corrected chi connectivity index (χ1v) is 6.45. The van der Waals surface area contributed by atoms with Gasteiger partial charge in [-0.15, -0.1) is 0 Å². The lowest BCUT2D eigenvalue weighted by Gasteiger charge is -2.32. The predicted molar refractivity (Wildman–Crippen MR) is 62.7 cm³/mol. The topological polar surface area (TPSA) is 32.3 Å². The molecule has 0 aromatic heterocycles. The Hall–Kier alpha value is -0.0800. The Bertz CT molecular complexity index is 225. The smallest absolute Gasteiger partial charge is 0.0766 e. The van der Waals surface area contributed by atoms with Crippen molar-refractivity contribution in [1.29, 1.82) is 0 Å². The molecule has 2 heteroatoms. The van der Waals surface area contributed by atoms with E-state index in [1.807, 2.05) is 6.92 Å². The minimum Gasteiger partial charge on any atom is -0.389 e. The van der Waals surface area contributed by atoms with Crippen LogP contribution in [0.15, 0.2) is 0 Å². The molecule has 88 valence electrons. The summed E-state index contributed by atoms with van der Waals surface area (Å²) in [7, 11) is 0. The van der Waals surface area contributed by atoms with Crippen molar-refractivity contribution in [2.24, 2.45) is 17.8 Å². The van der Waals surface area contributed by atoms with Crippen molar-refractivity contribution in [3.05, 3.63) is 0 Å². The maximum atomic E-state index is 10.2. The van der Waals surface area contributed by atoms with Gasteiger partial charge in [-0.25, -0.2) is 0 Å². The zero-order chi connectivity index (χ0) is 11.1. The molecule has 0 saturated heterocycles. The number of fused-ring (bicyclic) bond motifs is 2. The summed E-state index contributed by atoms with van der Waals surface area (Å²) in [5.41, 5.74) is -0.554. The van der Waals surface area contributed by atoms with E-state index < -0.39 is 5.60 Å². The van der Waals surface area contributed by atoms with E-state index in [0.717, 1.165) is 18.4 Å². The molecule has 2 bridgehead atoms. The van der Waals surface area contributed by atoms with E-state index >= 15 is 0 Å². The van der Waals surface area contributed by atoms with Gasteiger partial charge in [0.25, 0.3) is 0 Å². The van der Waals surface area contributed by atoms with Crippen LogP contribution in [0.2, 0.25) is 0 Å². The van der Waals surface area contributed by atoms with Gasteiger partial charge in [-0.1, -0.05) is 20.3 Å². The highest BCUT2D eigenvalue weighted by molar-refractivity contribution is 4.95. The van der Waals surface area contributed by atoms with Crippen LogP contribution in [0.1, 0.15) is 46.5 Å². The van der Waals surface area contributed by atoms with Gasteiger partial charge < -0.3 is 10.4 Å². The number of aliphatic hydroxyl groups is 1. The Labute approximate surface area is 93.5 Å². The van der Waals surface area contributed by atoms with Crippen molar-refractivity contribution < 1.29 is 5.11 Å². The molecule has 15 heavy (non-hydrogen) atoms. The van der Waals surface area contributed by atoms with E-state index in [1.54, 1.807) is 0 Å². The SMILES string of the molecule is CC(C)C(C)(O)CNC1CC2CCC1C2. The molecule has 2 aliphatic carbocycles. The maximum absolute atomic E-state index is 10.2. The Morgan fingerprint density at radius 3 is 2.53 bits per heavy atom. The van der Waals surface area contributed by atoms with Crippen molar-refractivity contribution in [2.45, 2.75) is 58.1 Å². The highest BCUT2D eigenvalue weighted by atomic mass is 16.3. The Morgan fingerprint density at radius 1 is 1.33 bits per heavy atom. The third-order valence-corrected chi connectivity index (χ3v) is 4.70. The van der Waals surface area contributed by atoms with Crippen LogP contribution in [0.4, 0.5) is 0 Å². The number of rotatable bonds is 4. The molecule has 2 N–H and O–H groups in total. The molecular weight excluding hydrogens is 186 g/mol. The third kappa shape index (κ3) is 2.36. The van der Waals surface area contributed by atoms with Crippen molar-refractivity contribution in [3.8, 4) is 0 Å². The lowest BCUT2D eigenvalue weighted by molar-refractivity contribution is 0.0102. The van der Waals surface area contributed by atoms with Gasteiger partial charge in [0.15, 0.2) is 0 Å². The molecule has 4 unspecified atom stereocenters. The average molecular weight is 211 g/mol. The molecule has 2 aliphatic rings. The minimum atomic E-state index is -0.554. The van der Waals surface area contributed by atoms with Gasteiger partial charge in [-0.3, -0.25) is 0 Å². The molecule has 0 aromatic rings. The van der Waals surface area contributed by atoms with E-state index in [9.17, 15) is 5.11 Å². The fourth-order valence-corrected chi connectivity index (χ4v) is 3.04. The second-order valence-electron chi connectivity index (χ2n) is 6.17. The van der Waals surface area contributed by atoms with Crippen LogP contribution in [0.3, 0.4) is 0 Å². The summed E-state index contributed by atoms with van der Waals surface area (Å²) in [5.74, 6) is 2.21. The maximum Gasteiger partial charge on any atom is 0.0766 e. The molecule has 0 aliphatic heterocycles. The fraction of sp³-hybridized carbons (Fsp3) is 1.00. The Balaban J connectivity index is 1.79. The normalized spacial score (nSPS) is 38.6. The Morgan fingerprint density at radius 2 is 2.07 bits per heavy atom. The summed E-state index contributed by atoms with van der Waals surface area (Å²) in [4.78, 5) is 0. The predicted octanol–water partition coefficient (Wildman–Crippen LogP) is 2.17. The molecule has 2 rings (SSSR count). The quantitative estimate of drug-likeness (QED) is 0.747. The van der Waals surface area contributed by atoms with Crippen molar-refractivity contribution in [3.63, 3.8) is 0 Å². The molecule has 4 atom stereocenters. The van der Waals surface area contributed by atoms with E-state index in [-0.39, 0.29) is 0 Å². The first-order chi connectivity index (χ1) is 6.99. The van der Waals surface area contributed by atoms with Crippen LogP contribution >= 0.6 is 0 Å². The van der Waals surface area contributed by atoms with Gasteiger partial charge in [-0.05, 0) is 43.9 Å². The van der Waals surface area contributed by atoms with Gasteiger partial charge in [0.2, 0.25) is 0 Å². The first kappa shape index (κ1) is 11.4. The number of nitrogens with one attached hydrogen (secondary N) is 1. The van der Waals surface area contributed by atoms with Crippen molar-refractivity contribution in [1.82, 2.24) is 5.32 Å². The van der Waals surface area contributed by atoms with Gasteiger partial charge in [0, 0.05) is 12.6 Å². The summed E-state index contributed by atoms with van der Waals surface area (Å²) in [6.07, 6.45) is 5.63. The summed E-state index contributed by atoms with van der Waals surface area (Å²) in [5, 5.41) is 13.7. The van der Waals surface area contributed by atoms with Gasteiger partial charge in [0.1, 0.15) is 0 Å². The highest BCUT2D eigenvalue weighted by Crippen LogP contribution is 2.44. The largest absolute Gasteiger partial charge is 0.389 e. The molecule has 2 fully saturated rings. The fourth-order valence-electron chi connectivity index (χ4n) is 3.04. The van der Waals surface area contributed by atoms with Gasteiger partial charge in [0.05, 0.1) is 5.60 Å². The van der Waals surface area contributed by atoms with Crippen LogP contribution in [0.5, 0.6) is 0 Å². The molecule has 0 spiro atoms. The van der Waals surface area contributed by atoms with Crippen LogP contribution < -0.4 is 5.32 Å². The molecular formula is C13H25NO. The van der Waals surface area contributed by atoms with E-state index in [0.29, 0.717) is 12.0 Å². The van der Waals surface area contributed by atoms with Crippen LogP contribution in [0, 0.1) is 17.8 Å². The zero-order valence-electron chi connectivity index (χ0n) is 10.3. The second-order valence-corrected chi connectivity index (χ2v) is 6.17. The molecule has 0 aromatic carbocycles. The van der Waals surface area contributed by atoms with E-state index in [4.69, 9.17) is 0 Å². The number of hydrogen-bond donors (Lipinski definition) is 2. The van der Waals surface area contributed by atoms with Gasteiger partial charge in [-0.2, -0.15) is 0 Å². The van der Waals surface area contributed by atoms with Gasteiger partial charge >= 0.3 is 0 Å². The monoisotopic (exact) mass is 211 g/mol. The van der Waals surface area contributed by atoms with Crippen LogP contribution in [-0.2, 0) is 0 Å². The molecule has 2 saturated carbocycles. The highest BCUT2D eigenvalue weighted by Gasteiger charge is 2.40. The summed E-state index contributed by atoms with van der Waals surface area (Å²) >= 11 is 0.